The molecule has 204 valence electrons. The smallest absolute Gasteiger partial charge is 0.435 e. The van der Waals surface area contributed by atoms with Crippen molar-refractivity contribution in [3.8, 4) is 0 Å². The van der Waals surface area contributed by atoms with Gasteiger partial charge in [-0.05, 0) is 73.4 Å². The Labute approximate surface area is 222 Å². The highest BCUT2D eigenvalue weighted by Gasteiger charge is 2.27. The number of anilines is 3. The summed E-state index contributed by atoms with van der Waals surface area (Å²) < 4.78 is 12.2. The van der Waals surface area contributed by atoms with Crippen LogP contribution in [0.25, 0.3) is 10.9 Å². The number of nitrogens with zero attached hydrogens (tertiary/aromatic N) is 5. The Morgan fingerprint density at radius 1 is 0.974 bits per heavy atom. The largest absolute Gasteiger partial charge is 0.444 e. The van der Waals surface area contributed by atoms with Gasteiger partial charge < -0.3 is 25.0 Å². The van der Waals surface area contributed by atoms with Gasteiger partial charge in [0.1, 0.15) is 22.8 Å². The van der Waals surface area contributed by atoms with E-state index < -0.39 is 17.3 Å². The van der Waals surface area contributed by atoms with Gasteiger partial charge >= 0.3 is 12.2 Å². The Morgan fingerprint density at radius 2 is 1.63 bits per heavy atom. The van der Waals surface area contributed by atoms with Crippen LogP contribution in [0.2, 0.25) is 0 Å². The van der Waals surface area contributed by atoms with E-state index >= 15 is 0 Å². The van der Waals surface area contributed by atoms with Crippen molar-refractivity contribution in [2.24, 2.45) is 0 Å². The van der Waals surface area contributed by atoms with Gasteiger partial charge in [0.15, 0.2) is 5.82 Å². The Kier molecular flexibility index (Phi) is 7.48. The SMILES string of the molecule is Cc1cc(Nc2cc3ncccc3c(NC3CCN(C(=O)OC(C)(C)C)CC3)n2)nn1C(=O)OC(C)(C)C. The normalized spacial score (nSPS) is 14.9. The Balaban J connectivity index is 1.49. The maximum atomic E-state index is 12.5. The third-order valence-electron chi connectivity index (χ3n) is 5.80. The number of aromatic nitrogens is 4. The molecular weight excluding hydrogens is 486 g/mol. The fraction of sp³-hybridized carbons (Fsp3) is 0.519. The molecule has 0 saturated carbocycles. The lowest BCUT2D eigenvalue weighted by Crippen LogP contribution is -2.44. The molecule has 0 aliphatic carbocycles. The standard InChI is InChI=1S/C27H37N7O4/c1-17-15-22(32-34(17)25(36)38-27(5,6)7)30-21-16-20-19(9-8-12-28-20)23(31-21)29-18-10-13-33(14-11-18)24(35)37-26(2,3)4/h8-9,12,15-16,18H,10-11,13-14H2,1-7H3,(H2,29,30,31,32). The van der Waals surface area contributed by atoms with E-state index in [2.05, 4.69) is 20.7 Å². The Morgan fingerprint density at radius 3 is 2.29 bits per heavy atom. The van der Waals surface area contributed by atoms with Crippen LogP contribution in [0.3, 0.4) is 0 Å². The number of hydrogen-bond acceptors (Lipinski definition) is 9. The third-order valence-corrected chi connectivity index (χ3v) is 5.80. The van der Waals surface area contributed by atoms with Gasteiger partial charge in [-0.15, -0.1) is 5.10 Å². The zero-order valence-electron chi connectivity index (χ0n) is 23.2. The average molecular weight is 524 g/mol. The number of ether oxygens (including phenoxy) is 2. The molecule has 11 nitrogen and oxygen atoms in total. The molecule has 4 rings (SSSR count). The molecule has 0 bridgehead atoms. The molecule has 1 amide bonds. The number of likely N-dealkylation sites (tertiary alicyclic amines) is 1. The molecule has 1 saturated heterocycles. The number of amides is 1. The summed E-state index contributed by atoms with van der Waals surface area (Å²) in [6, 6.07) is 7.58. The fourth-order valence-electron chi connectivity index (χ4n) is 4.13. The average Bonchev–Trinajstić information content (AvgIpc) is 3.17. The summed E-state index contributed by atoms with van der Waals surface area (Å²) in [6.07, 6.45) is 2.43. The first-order chi connectivity index (χ1) is 17.8. The molecule has 3 aromatic rings. The molecule has 0 spiro atoms. The van der Waals surface area contributed by atoms with Crippen LogP contribution in [0.5, 0.6) is 0 Å². The van der Waals surface area contributed by atoms with E-state index in [9.17, 15) is 9.59 Å². The predicted molar refractivity (Wildman–Crippen MR) is 146 cm³/mol. The second kappa shape index (κ2) is 10.5. The molecule has 38 heavy (non-hydrogen) atoms. The molecule has 1 fully saturated rings. The first-order valence-electron chi connectivity index (χ1n) is 12.8. The summed E-state index contributed by atoms with van der Waals surface area (Å²) in [6.45, 7) is 14.0. The van der Waals surface area contributed by atoms with Crippen molar-refractivity contribution < 1.29 is 19.1 Å². The predicted octanol–water partition coefficient (Wildman–Crippen LogP) is 5.47. The summed E-state index contributed by atoms with van der Waals surface area (Å²) >= 11 is 0. The molecule has 2 N–H and O–H groups in total. The zero-order chi connectivity index (χ0) is 27.7. The Hall–Kier alpha value is -3.89. The number of carbonyl (C=O) groups excluding carboxylic acids is 2. The summed E-state index contributed by atoms with van der Waals surface area (Å²) in [7, 11) is 0. The van der Waals surface area contributed by atoms with E-state index in [0.29, 0.717) is 36.2 Å². The molecule has 0 unspecified atom stereocenters. The number of piperidine rings is 1. The van der Waals surface area contributed by atoms with Crippen LogP contribution in [0, 0.1) is 6.92 Å². The van der Waals surface area contributed by atoms with Crippen LogP contribution < -0.4 is 10.6 Å². The number of nitrogens with one attached hydrogen (secondary N) is 2. The van der Waals surface area contributed by atoms with E-state index in [-0.39, 0.29) is 12.1 Å². The third kappa shape index (κ3) is 6.90. The molecule has 0 atom stereocenters. The van der Waals surface area contributed by atoms with Gasteiger partial charge in [0, 0.05) is 48.5 Å². The van der Waals surface area contributed by atoms with Gasteiger partial charge in [-0.3, -0.25) is 4.98 Å². The molecule has 1 aliphatic rings. The van der Waals surface area contributed by atoms with Crippen molar-refractivity contribution >= 4 is 40.5 Å². The van der Waals surface area contributed by atoms with Crippen molar-refractivity contribution in [3.05, 3.63) is 36.2 Å². The topological polar surface area (TPSA) is 124 Å². The number of hydrogen-bond donors (Lipinski definition) is 2. The molecule has 0 aromatic carbocycles. The van der Waals surface area contributed by atoms with Crippen molar-refractivity contribution in [2.75, 3.05) is 23.7 Å². The second-order valence-corrected chi connectivity index (χ2v) is 11.5. The first kappa shape index (κ1) is 27.2. The van der Waals surface area contributed by atoms with Crippen molar-refractivity contribution in [2.45, 2.75) is 78.6 Å². The van der Waals surface area contributed by atoms with E-state index in [1.165, 1.54) is 4.68 Å². The van der Waals surface area contributed by atoms with Crippen LogP contribution in [-0.2, 0) is 9.47 Å². The lowest BCUT2D eigenvalue weighted by Gasteiger charge is -2.34. The van der Waals surface area contributed by atoms with E-state index in [0.717, 1.165) is 23.7 Å². The van der Waals surface area contributed by atoms with Gasteiger partial charge in [0.25, 0.3) is 0 Å². The minimum atomic E-state index is -0.627. The summed E-state index contributed by atoms with van der Waals surface area (Å²) in [5, 5.41) is 12.0. The lowest BCUT2D eigenvalue weighted by atomic mass is 10.1. The first-order valence-corrected chi connectivity index (χ1v) is 12.8. The molecule has 4 heterocycles. The second-order valence-electron chi connectivity index (χ2n) is 11.5. The summed E-state index contributed by atoms with van der Waals surface area (Å²) in [5.74, 6) is 1.70. The van der Waals surface area contributed by atoms with Crippen molar-refractivity contribution in [1.29, 1.82) is 0 Å². The number of rotatable bonds is 4. The highest BCUT2D eigenvalue weighted by Crippen LogP contribution is 2.27. The van der Waals surface area contributed by atoms with Crippen LogP contribution in [0.15, 0.2) is 30.5 Å². The van der Waals surface area contributed by atoms with E-state index in [1.54, 1.807) is 24.1 Å². The lowest BCUT2D eigenvalue weighted by molar-refractivity contribution is 0.0210. The maximum absolute atomic E-state index is 12.5. The van der Waals surface area contributed by atoms with Crippen LogP contribution in [0.1, 0.15) is 60.1 Å². The van der Waals surface area contributed by atoms with Gasteiger partial charge in [0.05, 0.1) is 5.52 Å². The van der Waals surface area contributed by atoms with Gasteiger partial charge in [-0.25, -0.2) is 14.6 Å². The monoisotopic (exact) mass is 523 g/mol. The molecule has 0 radical (unpaired) electrons. The molecule has 1 aliphatic heterocycles. The number of pyridine rings is 2. The Bertz CT molecular complexity index is 1320. The van der Waals surface area contributed by atoms with Gasteiger partial charge in [-0.2, -0.15) is 4.68 Å². The van der Waals surface area contributed by atoms with Crippen LogP contribution in [-0.4, -0.2) is 67.2 Å². The number of fused-ring (bicyclic) bond motifs is 1. The minimum absolute atomic E-state index is 0.133. The van der Waals surface area contributed by atoms with E-state index in [1.807, 2.05) is 59.7 Å². The quantitative estimate of drug-likeness (QED) is 0.458. The fourth-order valence-corrected chi connectivity index (χ4v) is 4.13. The van der Waals surface area contributed by atoms with Crippen LogP contribution in [0.4, 0.5) is 27.0 Å². The van der Waals surface area contributed by atoms with Crippen molar-refractivity contribution in [3.63, 3.8) is 0 Å². The van der Waals surface area contributed by atoms with Crippen LogP contribution >= 0.6 is 0 Å². The molecular formula is C27H37N7O4. The molecule has 3 aromatic heterocycles. The zero-order valence-corrected chi connectivity index (χ0v) is 23.2. The van der Waals surface area contributed by atoms with Crippen molar-refractivity contribution in [1.82, 2.24) is 24.6 Å². The van der Waals surface area contributed by atoms with E-state index in [4.69, 9.17) is 14.5 Å². The van der Waals surface area contributed by atoms with Gasteiger partial charge in [-0.1, -0.05) is 0 Å². The molecule has 11 heteroatoms. The summed E-state index contributed by atoms with van der Waals surface area (Å²) in [5.41, 5.74) is 0.257. The number of aryl methyl sites for hydroxylation is 1. The minimum Gasteiger partial charge on any atom is -0.444 e. The maximum Gasteiger partial charge on any atom is 0.435 e. The van der Waals surface area contributed by atoms with Gasteiger partial charge in [0.2, 0.25) is 0 Å². The number of carbonyl (C=O) groups is 2. The highest BCUT2D eigenvalue weighted by atomic mass is 16.6. The summed E-state index contributed by atoms with van der Waals surface area (Å²) in [4.78, 5) is 36.0. The highest BCUT2D eigenvalue weighted by molar-refractivity contribution is 5.91.